The van der Waals surface area contributed by atoms with E-state index in [9.17, 15) is 4.39 Å². The lowest BCUT2D eigenvalue weighted by atomic mass is 10.4. The Morgan fingerprint density at radius 1 is 1.58 bits per heavy atom. The topological polar surface area (TPSA) is 37.9 Å². The van der Waals surface area contributed by atoms with Crippen LogP contribution in [-0.2, 0) is 0 Å². The first kappa shape index (κ1) is 7.09. The van der Waals surface area contributed by atoms with Crippen molar-refractivity contribution in [1.29, 1.82) is 0 Å². The van der Waals surface area contributed by atoms with Crippen molar-refractivity contribution in [2.45, 2.75) is 0 Å². The van der Waals surface area contributed by atoms with Gasteiger partial charge in [0.2, 0.25) is 0 Å². The summed E-state index contributed by atoms with van der Waals surface area (Å²) in [5.41, 5.74) is 1.38. The molecule has 0 bridgehead atoms. The van der Waals surface area contributed by atoms with Crippen molar-refractivity contribution in [1.82, 2.24) is 9.97 Å². The standard InChI is InChI=1S/C8H7FN2O/c1-12-8-5(9)4-7-6(11-8)2-3-10-7/h2-4,10H,1H3. The molecule has 2 aromatic heterocycles. The Morgan fingerprint density at radius 3 is 3.17 bits per heavy atom. The van der Waals surface area contributed by atoms with Gasteiger partial charge in [-0.25, -0.2) is 9.37 Å². The molecule has 0 saturated heterocycles. The molecule has 4 heteroatoms. The summed E-state index contributed by atoms with van der Waals surface area (Å²) in [4.78, 5) is 6.78. The van der Waals surface area contributed by atoms with E-state index in [1.807, 2.05) is 0 Å². The molecule has 1 N–H and O–H groups in total. The molecule has 0 aliphatic rings. The van der Waals surface area contributed by atoms with Gasteiger partial charge >= 0.3 is 0 Å². The van der Waals surface area contributed by atoms with Gasteiger partial charge < -0.3 is 9.72 Å². The first-order chi connectivity index (χ1) is 5.81. The Morgan fingerprint density at radius 2 is 2.42 bits per heavy atom. The van der Waals surface area contributed by atoms with Crippen molar-refractivity contribution in [3.05, 3.63) is 24.1 Å². The highest BCUT2D eigenvalue weighted by Gasteiger charge is 2.06. The van der Waals surface area contributed by atoms with Crippen molar-refractivity contribution in [2.75, 3.05) is 7.11 Å². The number of nitrogens with zero attached hydrogens (tertiary/aromatic N) is 1. The first-order valence-corrected chi connectivity index (χ1v) is 3.49. The van der Waals surface area contributed by atoms with Gasteiger partial charge in [-0.05, 0) is 6.07 Å². The molecular formula is C8H7FN2O. The van der Waals surface area contributed by atoms with Gasteiger partial charge in [0.1, 0.15) is 0 Å². The van der Waals surface area contributed by atoms with E-state index in [0.29, 0.717) is 11.0 Å². The molecule has 0 radical (unpaired) electrons. The number of aromatic nitrogens is 2. The van der Waals surface area contributed by atoms with Crippen LogP contribution < -0.4 is 4.74 Å². The summed E-state index contributed by atoms with van der Waals surface area (Å²) < 4.78 is 17.7. The summed E-state index contributed by atoms with van der Waals surface area (Å²) in [5, 5.41) is 0. The molecule has 0 aromatic carbocycles. The Bertz CT molecular complexity index is 410. The van der Waals surface area contributed by atoms with Crippen LogP contribution in [0.4, 0.5) is 4.39 Å². The number of ether oxygens (including phenoxy) is 1. The predicted octanol–water partition coefficient (Wildman–Crippen LogP) is 1.71. The molecule has 0 fully saturated rings. The second-order valence-electron chi connectivity index (χ2n) is 2.39. The largest absolute Gasteiger partial charge is 0.479 e. The molecule has 12 heavy (non-hydrogen) atoms. The molecule has 0 atom stereocenters. The second-order valence-corrected chi connectivity index (χ2v) is 2.39. The highest BCUT2D eigenvalue weighted by molar-refractivity contribution is 5.75. The Kier molecular flexibility index (Phi) is 1.46. The molecule has 2 rings (SSSR count). The Labute approximate surface area is 68.2 Å². The number of aromatic amines is 1. The molecule has 2 heterocycles. The minimum absolute atomic E-state index is 0.0297. The second kappa shape index (κ2) is 2.48. The maximum Gasteiger partial charge on any atom is 0.250 e. The summed E-state index contributed by atoms with van der Waals surface area (Å²) in [7, 11) is 1.39. The molecule has 0 saturated carbocycles. The summed E-state index contributed by atoms with van der Waals surface area (Å²) in [6.07, 6.45) is 1.70. The molecule has 0 spiro atoms. The average Bonchev–Trinajstić information content (AvgIpc) is 2.49. The first-order valence-electron chi connectivity index (χ1n) is 3.49. The van der Waals surface area contributed by atoms with E-state index in [4.69, 9.17) is 4.74 Å². The van der Waals surface area contributed by atoms with Crippen molar-refractivity contribution in [3.63, 3.8) is 0 Å². The minimum Gasteiger partial charge on any atom is -0.479 e. The maximum absolute atomic E-state index is 13.0. The molecule has 3 nitrogen and oxygen atoms in total. The highest BCUT2D eigenvalue weighted by Crippen LogP contribution is 2.18. The van der Waals surface area contributed by atoms with Crippen LogP contribution in [0, 0.1) is 5.82 Å². The van der Waals surface area contributed by atoms with Gasteiger partial charge in [-0.2, -0.15) is 0 Å². The number of hydrogen-bond donors (Lipinski definition) is 1. The van der Waals surface area contributed by atoms with Crippen molar-refractivity contribution < 1.29 is 9.13 Å². The van der Waals surface area contributed by atoms with E-state index in [2.05, 4.69) is 9.97 Å². The van der Waals surface area contributed by atoms with Crippen LogP contribution in [0.2, 0.25) is 0 Å². The van der Waals surface area contributed by atoms with E-state index in [0.717, 1.165) is 0 Å². The molecule has 0 aliphatic heterocycles. The van der Waals surface area contributed by atoms with Gasteiger partial charge in [0.15, 0.2) is 5.82 Å². The number of nitrogens with one attached hydrogen (secondary N) is 1. The van der Waals surface area contributed by atoms with Crippen molar-refractivity contribution in [3.8, 4) is 5.88 Å². The fourth-order valence-corrected chi connectivity index (χ4v) is 1.08. The van der Waals surface area contributed by atoms with Crippen LogP contribution in [-0.4, -0.2) is 17.1 Å². The molecule has 62 valence electrons. The fraction of sp³-hybridized carbons (Fsp3) is 0.125. The highest BCUT2D eigenvalue weighted by atomic mass is 19.1. The lowest BCUT2D eigenvalue weighted by Gasteiger charge is -1.99. The number of H-pyrrole nitrogens is 1. The third-order valence-corrected chi connectivity index (χ3v) is 1.65. The van der Waals surface area contributed by atoms with E-state index in [1.165, 1.54) is 13.2 Å². The number of rotatable bonds is 1. The predicted molar refractivity (Wildman–Crippen MR) is 42.6 cm³/mol. The Hall–Kier alpha value is -1.58. The molecule has 0 unspecified atom stereocenters. The molecule has 0 amide bonds. The number of fused-ring (bicyclic) bond motifs is 1. The summed E-state index contributed by atoms with van der Waals surface area (Å²) in [6, 6.07) is 3.12. The van der Waals surface area contributed by atoms with Gasteiger partial charge in [-0.15, -0.1) is 0 Å². The number of pyridine rings is 1. The minimum atomic E-state index is -0.451. The van der Waals surface area contributed by atoms with E-state index < -0.39 is 5.82 Å². The zero-order valence-electron chi connectivity index (χ0n) is 6.47. The van der Waals surface area contributed by atoms with E-state index in [1.54, 1.807) is 12.3 Å². The SMILES string of the molecule is COc1nc2cc[nH]c2cc1F. The average molecular weight is 166 g/mol. The normalized spacial score (nSPS) is 10.5. The molecule has 0 aliphatic carbocycles. The van der Waals surface area contributed by atoms with Crippen LogP contribution >= 0.6 is 0 Å². The van der Waals surface area contributed by atoms with Gasteiger partial charge in [-0.1, -0.05) is 0 Å². The van der Waals surface area contributed by atoms with Gasteiger partial charge in [0.05, 0.1) is 18.1 Å². The van der Waals surface area contributed by atoms with Gasteiger partial charge in [0.25, 0.3) is 5.88 Å². The quantitative estimate of drug-likeness (QED) is 0.700. The van der Waals surface area contributed by atoms with Crippen molar-refractivity contribution >= 4 is 11.0 Å². The van der Waals surface area contributed by atoms with Gasteiger partial charge in [-0.3, -0.25) is 0 Å². The lowest BCUT2D eigenvalue weighted by molar-refractivity contribution is 0.371. The summed E-state index contributed by atoms with van der Waals surface area (Å²) in [6.45, 7) is 0. The van der Waals surface area contributed by atoms with E-state index in [-0.39, 0.29) is 5.88 Å². The monoisotopic (exact) mass is 166 g/mol. The van der Waals surface area contributed by atoms with Crippen LogP contribution in [0.1, 0.15) is 0 Å². The third-order valence-electron chi connectivity index (χ3n) is 1.65. The maximum atomic E-state index is 13.0. The number of hydrogen-bond acceptors (Lipinski definition) is 2. The number of methoxy groups -OCH3 is 1. The summed E-state index contributed by atoms with van der Waals surface area (Å²) >= 11 is 0. The zero-order valence-corrected chi connectivity index (χ0v) is 6.47. The molecular weight excluding hydrogens is 159 g/mol. The van der Waals surface area contributed by atoms with E-state index >= 15 is 0 Å². The van der Waals surface area contributed by atoms with Crippen LogP contribution in [0.25, 0.3) is 11.0 Å². The number of halogens is 1. The van der Waals surface area contributed by atoms with Crippen LogP contribution in [0.3, 0.4) is 0 Å². The molecule has 2 aromatic rings. The fourth-order valence-electron chi connectivity index (χ4n) is 1.08. The smallest absolute Gasteiger partial charge is 0.250 e. The third kappa shape index (κ3) is 0.922. The summed E-state index contributed by atoms with van der Waals surface area (Å²) in [5.74, 6) is -0.422. The van der Waals surface area contributed by atoms with Crippen molar-refractivity contribution in [2.24, 2.45) is 0 Å². The van der Waals surface area contributed by atoms with Crippen LogP contribution in [0.15, 0.2) is 18.3 Å². The van der Waals surface area contributed by atoms with Gasteiger partial charge in [0, 0.05) is 12.3 Å². The zero-order chi connectivity index (χ0) is 8.55. The van der Waals surface area contributed by atoms with Crippen LogP contribution in [0.5, 0.6) is 5.88 Å². The Balaban J connectivity index is 2.73. The lowest BCUT2D eigenvalue weighted by Crippen LogP contribution is -1.91.